The van der Waals surface area contributed by atoms with Crippen LogP contribution in [-0.2, 0) is 13.0 Å². The number of nitro groups is 1. The van der Waals surface area contributed by atoms with Crippen LogP contribution in [-0.4, -0.2) is 32.5 Å². The van der Waals surface area contributed by atoms with Crippen LogP contribution in [0.4, 0.5) is 11.5 Å². The van der Waals surface area contributed by atoms with Gasteiger partial charge in [-0.15, -0.1) is 0 Å². The monoisotopic (exact) mass is 434 g/mol. The molecule has 0 aliphatic heterocycles. The van der Waals surface area contributed by atoms with Crippen LogP contribution < -0.4 is 11.1 Å². The lowest BCUT2D eigenvalue weighted by Gasteiger charge is -2.12. The molecule has 3 aromatic rings. The van der Waals surface area contributed by atoms with Crippen molar-refractivity contribution in [3.05, 3.63) is 68.7 Å². The van der Waals surface area contributed by atoms with E-state index in [0.717, 1.165) is 29.8 Å². The van der Waals surface area contributed by atoms with Gasteiger partial charge in [-0.3, -0.25) is 10.1 Å². The summed E-state index contributed by atoms with van der Waals surface area (Å²) in [5.41, 5.74) is 8.34. The molecule has 3 N–H and O–H groups in total. The van der Waals surface area contributed by atoms with E-state index in [2.05, 4.69) is 15.3 Å². The van der Waals surface area contributed by atoms with Gasteiger partial charge in [0, 0.05) is 35.4 Å². The number of nitrogens with two attached hydrogens (primary N) is 1. The third-order valence-electron chi connectivity index (χ3n) is 4.37. The number of pyridine rings is 1. The molecule has 0 saturated carbocycles. The highest BCUT2D eigenvalue weighted by Gasteiger charge is 2.15. The minimum absolute atomic E-state index is 0.0429. The molecule has 0 amide bonds. The first-order valence-electron chi connectivity index (χ1n) is 9.03. The fourth-order valence-corrected chi connectivity index (χ4v) is 3.44. The largest absolute Gasteiger partial charge is 0.368 e. The Kier molecular flexibility index (Phi) is 7.03. The fraction of sp³-hybridized carbons (Fsp3) is 0.263. The molecule has 0 spiro atoms. The van der Waals surface area contributed by atoms with Gasteiger partial charge < -0.3 is 15.6 Å². The van der Waals surface area contributed by atoms with Gasteiger partial charge in [0.25, 0.3) is 5.69 Å². The average molecular weight is 435 g/mol. The summed E-state index contributed by atoms with van der Waals surface area (Å²) in [4.78, 5) is 18.8. The van der Waals surface area contributed by atoms with Crippen LogP contribution in [0, 0.1) is 10.1 Å². The molecule has 29 heavy (non-hydrogen) atoms. The number of anilines is 1. The Hall–Kier alpha value is -2.68. The van der Waals surface area contributed by atoms with Crippen LogP contribution in [0.2, 0.25) is 10.0 Å². The lowest BCUT2D eigenvalue weighted by molar-refractivity contribution is -0.385. The van der Waals surface area contributed by atoms with Gasteiger partial charge in [0.05, 0.1) is 22.0 Å². The Morgan fingerprint density at radius 1 is 1.21 bits per heavy atom. The Labute approximate surface area is 177 Å². The summed E-state index contributed by atoms with van der Waals surface area (Å²) in [5.74, 6) is 0.570. The number of nitrogens with zero attached hydrogens (tertiary/aromatic N) is 4. The van der Waals surface area contributed by atoms with E-state index in [9.17, 15) is 10.1 Å². The van der Waals surface area contributed by atoms with Gasteiger partial charge in [-0.25, -0.2) is 9.97 Å². The molecular weight excluding hydrogens is 415 g/mol. The van der Waals surface area contributed by atoms with E-state index in [4.69, 9.17) is 28.9 Å². The molecule has 0 bridgehead atoms. The second-order valence-electron chi connectivity index (χ2n) is 6.34. The Morgan fingerprint density at radius 3 is 2.69 bits per heavy atom. The number of benzene rings is 1. The van der Waals surface area contributed by atoms with Gasteiger partial charge in [-0.05, 0) is 43.7 Å². The maximum absolute atomic E-state index is 10.7. The molecular formula is C19H20Cl2N6O2. The van der Waals surface area contributed by atoms with Gasteiger partial charge in [-0.2, -0.15) is 0 Å². The molecule has 8 nitrogen and oxygen atoms in total. The first-order valence-corrected chi connectivity index (χ1v) is 9.79. The molecule has 2 heterocycles. The normalized spacial score (nSPS) is 10.9. The van der Waals surface area contributed by atoms with E-state index in [1.54, 1.807) is 24.5 Å². The summed E-state index contributed by atoms with van der Waals surface area (Å²) in [5, 5.41) is 15.0. The van der Waals surface area contributed by atoms with Crippen molar-refractivity contribution < 1.29 is 4.92 Å². The predicted molar refractivity (Wildman–Crippen MR) is 114 cm³/mol. The molecule has 3 rings (SSSR count). The number of hydrogen-bond donors (Lipinski definition) is 2. The molecule has 0 saturated heterocycles. The molecule has 0 aliphatic carbocycles. The molecule has 2 aromatic heterocycles. The smallest absolute Gasteiger partial charge is 0.287 e. The first-order chi connectivity index (χ1) is 14.0. The minimum atomic E-state index is -0.477. The number of nitrogens with one attached hydrogen (secondary N) is 1. The average Bonchev–Trinajstić information content (AvgIpc) is 3.09. The molecule has 0 unspecified atom stereocenters. The molecule has 0 radical (unpaired) electrons. The van der Waals surface area contributed by atoms with Gasteiger partial charge in [0.15, 0.2) is 0 Å². The Balaban J connectivity index is 1.74. The maximum Gasteiger partial charge on any atom is 0.287 e. The van der Waals surface area contributed by atoms with Crippen LogP contribution in [0.1, 0.15) is 12.1 Å². The second kappa shape index (κ2) is 9.69. The van der Waals surface area contributed by atoms with Crippen molar-refractivity contribution in [2.45, 2.75) is 19.4 Å². The lowest BCUT2D eigenvalue weighted by atomic mass is 10.1. The van der Waals surface area contributed by atoms with Crippen molar-refractivity contribution in [2.24, 2.45) is 5.73 Å². The number of aromatic nitrogens is 3. The van der Waals surface area contributed by atoms with Crippen LogP contribution in [0.15, 0.2) is 42.9 Å². The summed E-state index contributed by atoms with van der Waals surface area (Å²) >= 11 is 12.4. The third-order valence-corrected chi connectivity index (χ3v) is 4.92. The van der Waals surface area contributed by atoms with Crippen LogP contribution in [0.5, 0.6) is 0 Å². The zero-order chi connectivity index (χ0) is 20.8. The highest BCUT2D eigenvalue weighted by molar-refractivity contribution is 6.36. The molecule has 1 aromatic carbocycles. The second-order valence-corrected chi connectivity index (χ2v) is 7.18. The van der Waals surface area contributed by atoms with Crippen LogP contribution in [0.3, 0.4) is 0 Å². The Morgan fingerprint density at radius 2 is 2.03 bits per heavy atom. The molecule has 0 atom stereocenters. The number of imidazole rings is 1. The summed E-state index contributed by atoms with van der Waals surface area (Å²) in [6, 6.07) is 8.35. The molecule has 0 fully saturated rings. The summed E-state index contributed by atoms with van der Waals surface area (Å²) < 4.78 is 2.05. The summed E-state index contributed by atoms with van der Waals surface area (Å²) in [6.07, 6.45) is 4.59. The predicted octanol–water partition coefficient (Wildman–Crippen LogP) is 4.16. The number of rotatable bonds is 9. The van der Waals surface area contributed by atoms with Gasteiger partial charge in [0.1, 0.15) is 12.0 Å². The summed E-state index contributed by atoms with van der Waals surface area (Å²) in [7, 11) is 0. The fourth-order valence-electron chi connectivity index (χ4n) is 2.94. The minimum Gasteiger partial charge on any atom is -0.368 e. The topological polar surface area (TPSA) is 112 Å². The lowest BCUT2D eigenvalue weighted by Crippen LogP contribution is -2.14. The number of hydrogen-bond acceptors (Lipinski definition) is 6. The van der Waals surface area contributed by atoms with Crippen molar-refractivity contribution in [1.82, 2.24) is 14.5 Å². The Bertz CT molecular complexity index is 991. The molecule has 0 aliphatic rings. The van der Waals surface area contributed by atoms with Gasteiger partial charge in [0.2, 0.25) is 0 Å². The van der Waals surface area contributed by atoms with Crippen molar-refractivity contribution >= 4 is 34.7 Å². The van der Waals surface area contributed by atoms with E-state index < -0.39 is 4.92 Å². The standard InChI is InChI=1S/C19H20Cl2N6O2/c20-13-3-5-15(16(21)10-13)19-17(2-1-7-22)26(12-25-19)9-8-23-18-6-4-14(11-24-18)27(28)29/h3-6,10-12H,1-2,7-9,22H2,(H,23,24). The number of halogens is 2. The first kappa shape index (κ1) is 21.0. The zero-order valence-corrected chi connectivity index (χ0v) is 17.0. The highest BCUT2D eigenvalue weighted by Crippen LogP contribution is 2.32. The van der Waals surface area contributed by atoms with Gasteiger partial charge >= 0.3 is 0 Å². The zero-order valence-electron chi connectivity index (χ0n) is 15.5. The van der Waals surface area contributed by atoms with E-state index >= 15 is 0 Å². The molecule has 152 valence electrons. The highest BCUT2D eigenvalue weighted by atomic mass is 35.5. The van der Waals surface area contributed by atoms with Crippen molar-refractivity contribution in [3.63, 3.8) is 0 Å². The van der Waals surface area contributed by atoms with E-state index in [1.165, 1.54) is 12.3 Å². The van der Waals surface area contributed by atoms with Crippen LogP contribution in [0.25, 0.3) is 11.3 Å². The van der Waals surface area contributed by atoms with Crippen LogP contribution >= 0.6 is 23.2 Å². The quantitative estimate of drug-likeness (QED) is 0.386. The maximum atomic E-state index is 10.7. The van der Waals surface area contributed by atoms with Gasteiger partial charge in [-0.1, -0.05) is 23.2 Å². The summed E-state index contributed by atoms with van der Waals surface area (Å²) in [6.45, 7) is 1.78. The third kappa shape index (κ3) is 5.23. The van der Waals surface area contributed by atoms with Crippen molar-refractivity contribution in [1.29, 1.82) is 0 Å². The van der Waals surface area contributed by atoms with E-state index in [1.807, 2.05) is 10.6 Å². The SMILES string of the molecule is NCCCc1c(-c2ccc(Cl)cc2Cl)ncn1CCNc1ccc([N+](=O)[O-])cn1. The van der Waals surface area contributed by atoms with E-state index in [0.29, 0.717) is 35.5 Å². The van der Waals surface area contributed by atoms with E-state index in [-0.39, 0.29) is 5.69 Å². The van der Waals surface area contributed by atoms with Crippen molar-refractivity contribution in [3.8, 4) is 11.3 Å². The molecule has 10 heteroatoms. The van der Waals surface area contributed by atoms with Crippen molar-refractivity contribution in [2.75, 3.05) is 18.4 Å².